The van der Waals surface area contributed by atoms with Crippen molar-refractivity contribution < 1.29 is 13.9 Å². The summed E-state index contributed by atoms with van der Waals surface area (Å²) in [6, 6.07) is 10.0. The van der Waals surface area contributed by atoms with Crippen LogP contribution in [0.15, 0.2) is 41.0 Å². The van der Waals surface area contributed by atoms with Gasteiger partial charge in [-0.3, -0.25) is 4.79 Å². The maximum Gasteiger partial charge on any atom is 0.315 e. The molecule has 2 aromatic carbocycles. The van der Waals surface area contributed by atoms with Crippen LogP contribution in [0.25, 0.3) is 11.0 Å². The molecule has 0 fully saturated rings. The quantitative estimate of drug-likeness (QED) is 0.458. The van der Waals surface area contributed by atoms with Gasteiger partial charge in [-0.25, -0.2) is 0 Å². The lowest BCUT2D eigenvalue weighted by Gasteiger charge is -2.11. The number of hydrogen-bond acceptors (Lipinski definition) is 3. The molecule has 3 nitrogen and oxygen atoms in total. The van der Waals surface area contributed by atoms with Crippen molar-refractivity contribution in [1.29, 1.82) is 0 Å². The van der Waals surface area contributed by atoms with Crippen molar-refractivity contribution in [2.45, 2.75) is 47.0 Å². The molecule has 0 spiro atoms. The summed E-state index contributed by atoms with van der Waals surface area (Å²) < 4.78 is 11.3. The van der Waals surface area contributed by atoms with Crippen LogP contribution in [0, 0.1) is 20.8 Å². The molecule has 1 aromatic heterocycles. The van der Waals surface area contributed by atoms with Crippen LogP contribution in [0.5, 0.6) is 5.75 Å². The second kappa shape index (κ2) is 6.75. The van der Waals surface area contributed by atoms with Crippen LogP contribution in [0.3, 0.4) is 0 Å². The lowest BCUT2D eigenvalue weighted by Crippen LogP contribution is -2.12. The Hall–Kier alpha value is -2.55. The number of esters is 1. The minimum atomic E-state index is -0.272. The SMILES string of the molecule is Cc1cc2occ(CC(=O)Oc3c(C)cccc3C)c2cc1C(C)C. The molecule has 0 saturated heterocycles. The van der Waals surface area contributed by atoms with Crippen LogP contribution < -0.4 is 4.74 Å². The second-order valence-electron chi connectivity index (χ2n) is 6.99. The van der Waals surface area contributed by atoms with Gasteiger partial charge >= 0.3 is 5.97 Å². The summed E-state index contributed by atoms with van der Waals surface area (Å²) in [6.07, 6.45) is 1.86. The first kappa shape index (κ1) is 17.3. The summed E-state index contributed by atoms with van der Waals surface area (Å²) in [7, 11) is 0. The average Bonchev–Trinajstić information content (AvgIpc) is 2.92. The van der Waals surface area contributed by atoms with Gasteiger partial charge in [-0.1, -0.05) is 32.0 Å². The van der Waals surface area contributed by atoms with Crippen LogP contribution >= 0.6 is 0 Å². The highest BCUT2D eigenvalue weighted by molar-refractivity contribution is 5.87. The molecule has 0 amide bonds. The first-order chi connectivity index (χ1) is 11.9. The molecule has 3 heteroatoms. The Balaban J connectivity index is 1.88. The third kappa shape index (κ3) is 3.46. The molecule has 0 N–H and O–H groups in total. The van der Waals surface area contributed by atoms with Gasteiger partial charge in [-0.2, -0.15) is 0 Å². The number of carbonyl (C=O) groups excluding carboxylic acids is 1. The molecule has 130 valence electrons. The van der Waals surface area contributed by atoms with E-state index in [0.717, 1.165) is 27.7 Å². The van der Waals surface area contributed by atoms with E-state index < -0.39 is 0 Å². The van der Waals surface area contributed by atoms with E-state index in [1.807, 2.05) is 38.1 Å². The van der Waals surface area contributed by atoms with E-state index in [4.69, 9.17) is 9.15 Å². The largest absolute Gasteiger partial charge is 0.464 e. The van der Waals surface area contributed by atoms with Crippen LogP contribution in [0.1, 0.15) is 47.6 Å². The number of carbonyl (C=O) groups is 1. The first-order valence-electron chi connectivity index (χ1n) is 8.64. The van der Waals surface area contributed by atoms with Gasteiger partial charge < -0.3 is 9.15 Å². The number of furan rings is 1. The molecular weight excluding hydrogens is 312 g/mol. The summed E-state index contributed by atoms with van der Waals surface area (Å²) in [6.45, 7) is 10.3. The van der Waals surface area contributed by atoms with E-state index in [2.05, 4.69) is 26.8 Å². The molecule has 3 aromatic rings. The molecule has 0 unspecified atom stereocenters. The van der Waals surface area contributed by atoms with Gasteiger partial charge in [0.2, 0.25) is 0 Å². The van der Waals surface area contributed by atoms with Gasteiger partial charge in [0.15, 0.2) is 0 Å². The predicted octanol–water partition coefficient (Wildman–Crippen LogP) is 5.63. The zero-order chi connectivity index (χ0) is 18.1. The Morgan fingerprint density at radius 3 is 2.40 bits per heavy atom. The lowest BCUT2D eigenvalue weighted by atomic mass is 9.95. The highest BCUT2D eigenvalue weighted by Crippen LogP contribution is 2.30. The van der Waals surface area contributed by atoms with Crippen molar-refractivity contribution in [3.05, 3.63) is 64.4 Å². The monoisotopic (exact) mass is 336 g/mol. The maximum atomic E-state index is 12.4. The molecule has 3 rings (SSSR count). The Morgan fingerprint density at radius 2 is 1.76 bits per heavy atom. The number of hydrogen-bond donors (Lipinski definition) is 0. The first-order valence-corrected chi connectivity index (χ1v) is 8.64. The minimum absolute atomic E-state index is 0.196. The van der Waals surface area contributed by atoms with Gasteiger partial charge in [0, 0.05) is 10.9 Å². The van der Waals surface area contributed by atoms with Gasteiger partial charge in [-0.05, 0) is 61.1 Å². The van der Waals surface area contributed by atoms with Crippen LogP contribution in [0.2, 0.25) is 0 Å². The minimum Gasteiger partial charge on any atom is -0.464 e. The third-order valence-corrected chi connectivity index (χ3v) is 4.62. The molecule has 0 radical (unpaired) electrons. The van der Waals surface area contributed by atoms with Gasteiger partial charge in [0.1, 0.15) is 11.3 Å². The van der Waals surface area contributed by atoms with Gasteiger partial charge in [0.25, 0.3) is 0 Å². The zero-order valence-corrected chi connectivity index (χ0v) is 15.5. The van der Waals surface area contributed by atoms with E-state index in [0.29, 0.717) is 11.7 Å². The third-order valence-electron chi connectivity index (χ3n) is 4.62. The van der Waals surface area contributed by atoms with E-state index in [-0.39, 0.29) is 12.4 Å². The standard InChI is InChI=1S/C22H24O3/c1-13(2)18-11-19-17(12-24-20(19)9-16(18)5)10-21(23)25-22-14(3)7-6-8-15(22)4/h6-9,11-13H,10H2,1-5H3. The number of rotatable bonds is 4. The van der Waals surface area contributed by atoms with Crippen molar-refractivity contribution in [3.63, 3.8) is 0 Å². The number of benzene rings is 2. The number of para-hydroxylation sites is 1. The Morgan fingerprint density at radius 1 is 1.08 bits per heavy atom. The molecule has 0 saturated carbocycles. The highest BCUT2D eigenvalue weighted by atomic mass is 16.5. The molecule has 0 aliphatic heterocycles. The van der Waals surface area contributed by atoms with Gasteiger partial charge in [-0.15, -0.1) is 0 Å². The van der Waals surface area contributed by atoms with E-state index in [1.54, 1.807) is 6.26 Å². The Bertz CT molecular complexity index is 912. The summed E-state index contributed by atoms with van der Waals surface area (Å²) in [4.78, 5) is 12.4. The van der Waals surface area contributed by atoms with Crippen molar-refractivity contribution in [2.75, 3.05) is 0 Å². The summed E-state index contributed by atoms with van der Waals surface area (Å²) in [5.74, 6) is 0.805. The molecule has 1 heterocycles. The Kier molecular flexibility index (Phi) is 4.67. The number of fused-ring (bicyclic) bond motifs is 1. The van der Waals surface area contributed by atoms with E-state index in [1.165, 1.54) is 11.1 Å². The van der Waals surface area contributed by atoms with Crippen molar-refractivity contribution in [2.24, 2.45) is 0 Å². The van der Waals surface area contributed by atoms with Crippen molar-refractivity contribution in [1.82, 2.24) is 0 Å². The van der Waals surface area contributed by atoms with Gasteiger partial charge in [0.05, 0.1) is 12.7 Å². The fraction of sp³-hybridized carbons (Fsp3) is 0.318. The van der Waals surface area contributed by atoms with E-state index >= 15 is 0 Å². The van der Waals surface area contributed by atoms with Crippen molar-refractivity contribution >= 4 is 16.9 Å². The van der Waals surface area contributed by atoms with Crippen molar-refractivity contribution in [3.8, 4) is 5.75 Å². The summed E-state index contributed by atoms with van der Waals surface area (Å²) >= 11 is 0. The maximum absolute atomic E-state index is 12.4. The molecule has 0 aliphatic rings. The average molecular weight is 336 g/mol. The second-order valence-corrected chi connectivity index (χ2v) is 6.99. The molecule has 25 heavy (non-hydrogen) atoms. The fourth-order valence-corrected chi connectivity index (χ4v) is 3.27. The van der Waals surface area contributed by atoms with Crippen LogP contribution in [-0.2, 0) is 11.2 Å². The molecule has 0 atom stereocenters. The van der Waals surface area contributed by atoms with E-state index in [9.17, 15) is 4.79 Å². The lowest BCUT2D eigenvalue weighted by molar-refractivity contribution is -0.133. The fourth-order valence-electron chi connectivity index (χ4n) is 3.27. The van der Waals surface area contributed by atoms with Crippen LogP contribution in [-0.4, -0.2) is 5.97 Å². The molecular formula is C22H24O3. The number of ether oxygens (including phenoxy) is 1. The molecule has 0 aliphatic carbocycles. The zero-order valence-electron chi connectivity index (χ0n) is 15.5. The topological polar surface area (TPSA) is 39.4 Å². The summed E-state index contributed by atoms with van der Waals surface area (Å²) in [5, 5.41) is 0.993. The highest BCUT2D eigenvalue weighted by Gasteiger charge is 2.16. The normalized spacial score (nSPS) is 11.3. The predicted molar refractivity (Wildman–Crippen MR) is 100 cm³/mol. The molecule has 0 bridgehead atoms. The number of aryl methyl sites for hydroxylation is 3. The van der Waals surface area contributed by atoms with Crippen LogP contribution in [0.4, 0.5) is 0 Å². The Labute approximate surface area is 148 Å². The summed E-state index contributed by atoms with van der Waals surface area (Å²) in [5.41, 5.74) is 6.09. The smallest absolute Gasteiger partial charge is 0.315 e.